The van der Waals surface area contributed by atoms with Crippen molar-refractivity contribution in [2.45, 2.75) is 33.2 Å². The van der Waals surface area contributed by atoms with Crippen LogP contribution in [0, 0.1) is 5.92 Å². The van der Waals surface area contributed by atoms with Gasteiger partial charge in [-0.3, -0.25) is 9.59 Å². The van der Waals surface area contributed by atoms with Gasteiger partial charge in [0.25, 0.3) is 11.8 Å². The van der Waals surface area contributed by atoms with Gasteiger partial charge in [-0.25, -0.2) is 4.79 Å². The molecule has 1 rings (SSSR count). The van der Waals surface area contributed by atoms with Crippen LogP contribution in [0.25, 0.3) is 0 Å². The van der Waals surface area contributed by atoms with Gasteiger partial charge in [-0.1, -0.05) is 39.0 Å². The van der Waals surface area contributed by atoms with Crippen LogP contribution in [0.15, 0.2) is 30.3 Å². The van der Waals surface area contributed by atoms with Gasteiger partial charge in [-0.05, 0) is 24.5 Å². The van der Waals surface area contributed by atoms with Crippen molar-refractivity contribution in [3.05, 3.63) is 35.9 Å². The second-order valence-electron chi connectivity index (χ2n) is 5.52. The Labute approximate surface area is 136 Å². The number of carbonyl (C=O) groups is 3. The van der Waals surface area contributed by atoms with Gasteiger partial charge in [0.1, 0.15) is 6.04 Å². The van der Waals surface area contributed by atoms with Gasteiger partial charge in [0.05, 0.1) is 0 Å². The highest BCUT2D eigenvalue weighted by Gasteiger charge is 2.26. The van der Waals surface area contributed by atoms with Crippen molar-refractivity contribution >= 4 is 17.8 Å². The first-order valence-corrected chi connectivity index (χ1v) is 7.75. The van der Waals surface area contributed by atoms with Crippen molar-refractivity contribution in [1.82, 2.24) is 10.6 Å². The smallest absolute Gasteiger partial charge is 0.329 e. The zero-order valence-electron chi connectivity index (χ0n) is 13.8. The van der Waals surface area contributed by atoms with Crippen molar-refractivity contribution in [1.29, 1.82) is 0 Å². The zero-order valence-corrected chi connectivity index (χ0v) is 13.8. The molecule has 0 aliphatic heterocycles. The molecule has 1 aromatic rings. The highest BCUT2D eigenvalue weighted by Crippen LogP contribution is 2.07. The van der Waals surface area contributed by atoms with E-state index in [0.29, 0.717) is 12.1 Å². The number of ether oxygens (including phenoxy) is 1. The van der Waals surface area contributed by atoms with Crippen LogP contribution in [0.5, 0.6) is 0 Å². The lowest BCUT2D eigenvalue weighted by atomic mass is 10.0. The third-order valence-electron chi connectivity index (χ3n) is 3.16. The summed E-state index contributed by atoms with van der Waals surface area (Å²) in [6, 6.07) is 7.82. The molecule has 0 aliphatic carbocycles. The van der Waals surface area contributed by atoms with Crippen molar-refractivity contribution in [3.8, 4) is 0 Å². The lowest BCUT2D eigenvalue weighted by Gasteiger charge is -2.20. The summed E-state index contributed by atoms with van der Waals surface area (Å²) in [5.74, 6) is -1.47. The fourth-order valence-corrected chi connectivity index (χ4v) is 1.85. The predicted octanol–water partition coefficient (Wildman–Crippen LogP) is 1.51. The Morgan fingerprint density at radius 2 is 1.78 bits per heavy atom. The molecular weight excluding hydrogens is 296 g/mol. The molecule has 0 aromatic heterocycles. The first kappa shape index (κ1) is 18.7. The molecule has 0 saturated carbocycles. The van der Waals surface area contributed by atoms with Crippen LogP contribution in [0.2, 0.25) is 0 Å². The van der Waals surface area contributed by atoms with Crippen LogP contribution in [0.4, 0.5) is 0 Å². The minimum absolute atomic E-state index is 0.158. The van der Waals surface area contributed by atoms with E-state index in [0.717, 1.165) is 6.42 Å². The van der Waals surface area contributed by atoms with Gasteiger partial charge in [0.2, 0.25) is 0 Å². The van der Waals surface area contributed by atoms with Crippen LogP contribution < -0.4 is 10.6 Å². The topological polar surface area (TPSA) is 84.5 Å². The fourth-order valence-electron chi connectivity index (χ4n) is 1.85. The van der Waals surface area contributed by atoms with Crippen molar-refractivity contribution in [2.24, 2.45) is 5.92 Å². The Balaban J connectivity index is 2.58. The maximum Gasteiger partial charge on any atom is 0.329 e. The van der Waals surface area contributed by atoms with E-state index < -0.39 is 12.0 Å². The maximum atomic E-state index is 12.1. The van der Waals surface area contributed by atoms with Crippen LogP contribution in [0.3, 0.4) is 0 Å². The first-order valence-electron chi connectivity index (χ1n) is 7.75. The number of amides is 2. The zero-order chi connectivity index (χ0) is 17.2. The molecule has 0 radical (unpaired) electrons. The summed E-state index contributed by atoms with van der Waals surface area (Å²) in [5.41, 5.74) is 0.464. The van der Waals surface area contributed by atoms with Gasteiger partial charge in [-0.15, -0.1) is 0 Å². The van der Waals surface area contributed by atoms with Crippen LogP contribution in [0.1, 0.15) is 37.6 Å². The van der Waals surface area contributed by atoms with Crippen molar-refractivity contribution in [2.75, 3.05) is 13.2 Å². The predicted molar refractivity (Wildman–Crippen MR) is 86.8 cm³/mol. The Hall–Kier alpha value is -2.37. The number of carbonyl (C=O) groups excluding carboxylic acids is 3. The van der Waals surface area contributed by atoms with Gasteiger partial charge in [0, 0.05) is 12.1 Å². The largest absolute Gasteiger partial charge is 0.454 e. The standard InChI is InChI=1S/C17H24N2O4/c1-4-10-18-14(20)11-23-17(22)15(12(2)3)19-16(21)13-8-6-5-7-9-13/h5-9,12,15H,4,10-11H2,1-3H3,(H,18,20)(H,19,21)/t15-/m1/s1. The number of nitrogens with one attached hydrogen (secondary N) is 2. The van der Waals surface area contributed by atoms with E-state index in [2.05, 4.69) is 10.6 Å². The molecule has 1 atom stereocenters. The lowest BCUT2D eigenvalue weighted by molar-refractivity contribution is -0.151. The van der Waals surface area contributed by atoms with E-state index in [1.165, 1.54) is 0 Å². The second kappa shape index (κ2) is 9.61. The van der Waals surface area contributed by atoms with E-state index in [9.17, 15) is 14.4 Å². The maximum absolute atomic E-state index is 12.1. The molecule has 0 saturated heterocycles. The minimum atomic E-state index is -0.804. The molecule has 0 bridgehead atoms. The van der Waals surface area contributed by atoms with E-state index in [-0.39, 0.29) is 24.3 Å². The van der Waals surface area contributed by atoms with E-state index >= 15 is 0 Å². The van der Waals surface area contributed by atoms with Gasteiger partial charge in [-0.2, -0.15) is 0 Å². The molecule has 2 amide bonds. The summed E-state index contributed by atoms with van der Waals surface area (Å²) in [7, 11) is 0. The van der Waals surface area contributed by atoms with Crippen LogP contribution in [-0.2, 0) is 14.3 Å². The molecule has 0 spiro atoms. The molecule has 126 valence electrons. The average molecular weight is 320 g/mol. The number of rotatable bonds is 8. The van der Waals surface area contributed by atoms with Gasteiger partial charge < -0.3 is 15.4 Å². The lowest BCUT2D eigenvalue weighted by Crippen LogP contribution is -2.46. The van der Waals surface area contributed by atoms with Gasteiger partial charge in [0.15, 0.2) is 6.61 Å². The third-order valence-corrected chi connectivity index (χ3v) is 3.16. The second-order valence-corrected chi connectivity index (χ2v) is 5.52. The third kappa shape index (κ3) is 6.50. The first-order chi connectivity index (χ1) is 11.0. The number of esters is 1. The number of hydrogen-bond acceptors (Lipinski definition) is 4. The average Bonchev–Trinajstić information content (AvgIpc) is 2.55. The number of hydrogen-bond donors (Lipinski definition) is 2. The molecule has 6 heteroatoms. The van der Waals surface area contributed by atoms with E-state index in [4.69, 9.17) is 4.74 Å². The number of benzene rings is 1. The molecule has 6 nitrogen and oxygen atoms in total. The normalized spacial score (nSPS) is 11.7. The molecule has 0 fully saturated rings. The Kier molecular flexibility index (Phi) is 7.80. The Morgan fingerprint density at radius 3 is 2.35 bits per heavy atom. The molecule has 23 heavy (non-hydrogen) atoms. The quantitative estimate of drug-likeness (QED) is 0.711. The molecule has 1 aromatic carbocycles. The van der Waals surface area contributed by atoms with Crippen LogP contribution >= 0.6 is 0 Å². The molecule has 0 unspecified atom stereocenters. The van der Waals surface area contributed by atoms with Crippen molar-refractivity contribution in [3.63, 3.8) is 0 Å². The van der Waals surface area contributed by atoms with E-state index in [1.54, 1.807) is 44.2 Å². The summed E-state index contributed by atoms with van der Waals surface area (Å²) >= 11 is 0. The SMILES string of the molecule is CCCNC(=O)COC(=O)[C@H](NC(=O)c1ccccc1)C(C)C. The summed E-state index contributed by atoms with van der Waals surface area (Å²) < 4.78 is 5.00. The summed E-state index contributed by atoms with van der Waals surface area (Å²) in [6.07, 6.45) is 0.807. The minimum Gasteiger partial charge on any atom is -0.454 e. The summed E-state index contributed by atoms with van der Waals surface area (Å²) in [5, 5.41) is 5.27. The van der Waals surface area contributed by atoms with E-state index in [1.807, 2.05) is 6.92 Å². The Morgan fingerprint density at radius 1 is 1.13 bits per heavy atom. The van der Waals surface area contributed by atoms with Crippen molar-refractivity contribution < 1.29 is 19.1 Å². The van der Waals surface area contributed by atoms with Crippen LogP contribution in [-0.4, -0.2) is 37.0 Å². The highest BCUT2D eigenvalue weighted by atomic mass is 16.5. The summed E-state index contributed by atoms with van der Waals surface area (Å²) in [6.45, 7) is 5.72. The summed E-state index contributed by atoms with van der Waals surface area (Å²) in [4.78, 5) is 35.7. The molecular formula is C17H24N2O4. The Bertz CT molecular complexity index is 529. The highest BCUT2D eigenvalue weighted by molar-refractivity contribution is 5.97. The fraction of sp³-hybridized carbons (Fsp3) is 0.471. The van der Waals surface area contributed by atoms with Gasteiger partial charge >= 0.3 is 5.97 Å². The molecule has 0 aliphatic rings. The molecule has 2 N–H and O–H groups in total. The molecule has 0 heterocycles. The monoisotopic (exact) mass is 320 g/mol.